The summed E-state index contributed by atoms with van der Waals surface area (Å²) < 4.78 is 4.26. The SMILES string of the molecule is C=CC(=O)OC(=O)CCCCC(=O)O. The van der Waals surface area contributed by atoms with E-state index >= 15 is 0 Å². The first-order chi connectivity index (χ1) is 6.56. The number of esters is 2. The largest absolute Gasteiger partial charge is 0.481 e. The third-order valence-corrected chi connectivity index (χ3v) is 1.40. The Bertz CT molecular complexity index is 244. The minimum Gasteiger partial charge on any atom is -0.481 e. The molecule has 0 unspecified atom stereocenters. The van der Waals surface area contributed by atoms with E-state index in [0.29, 0.717) is 12.8 Å². The number of carbonyl (C=O) groups is 3. The molecule has 0 heterocycles. The van der Waals surface area contributed by atoms with Gasteiger partial charge in [-0.05, 0) is 12.8 Å². The summed E-state index contributed by atoms with van der Waals surface area (Å²) in [4.78, 5) is 31.4. The van der Waals surface area contributed by atoms with Crippen LogP contribution in [0.5, 0.6) is 0 Å². The lowest BCUT2D eigenvalue weighted by Crippen LogP contribution is -2.09. The van der Waals surface area contributed by atoms with Crippen molar-refractivity contribution in [3.63, 3.8) is 0 Å². The summed E-state index contributed by atoms with van der Waals surface area (Å²) in [7, 11) is 0. The molecule has 0 spiro atoms. The van der Waals surface area contributed by atoms with E-state index < -0.39 is 17.9 Å². The molecule has 14 heavy (non-hydrogen) atoms. The van der Waals surface area contributed by atoms with Gasteiger partial charge in [0.05, 0.1) is 0 Å². The quantitative estimate of drug-likeness (QED) is 0.298. The standard InChI is InChI=1S/C9H12O5/c1-2-8(12)14-9(13)6-4-3-5-7(10)11/h2H,1,3-6H2,(H,10,11). The third-order valence-electron chi connectivity index (χ3n) is 1.40. The molecule has 0 rings (SSSR count). The summed E-state index contributed by atoms with van der Waals surface area (Å²) in [5.74, 6) is -2.34. The minimum atomic E-state index is -0.902. The number of carboxylic acids is 1. The van der Waals surface area contributed by atoms with Gasteiger partial charge in [-0.2, -0.15) is 0 Å². The van der Waals surface area contributed by atoms with Gasteiger partial charge in [-0.25, -0.2) is 4.79 Å². The van der Waals surface area contributed by atoms with Crippen LogP contribution < -0.4 is 0 Å². The Labute approximate surface area is 81.4 Å². The molecule has 0 fully saturated rings. The van der Waals surface area contributed by atoms with Gasteiger partial charge in [0.2, 0.25) is 0 Å². The molecule has 0 aromatic carbocycles. The van der Waals surface area contributed by atoms with Crippen molar-refractivity contribution in [2.75, 3.05) is 0 Å². The van der Waals surface area contributed by atoms with E-state index in [1.807, 2.05) is 0 Å². The maximum Gasteiger partial charge on any atom is 0.337 e. The summed E-state index contributed by atoms with van der Waals surface area (Å²) in [6.45, 7) is 3.13. The van der Waals surface area contributed by atoms with Gasteiger partial charge >= 0.3 is 17.9 Å². The van der Waals surface area contributed by atoms with Crippen LogP contribution in [0.2, 0.25) is 0 Å². The number of rotatable bonds is 6. The Balaban J connectivity index is 3.49. The lowest BCUT2D eigenvalue weighted by atomic mass is 10.2. The van der Waals surface area contributed by atoms with E-state index in [1.165, 1.54) is 0 Å². The topological polar surface area (TPSA) is 80.7 Å². The number of unbranched alkanes of at least 4 members (excludes halogenated alkanes) is 1. The molecule has 0 aliphatic heterocycles. The molecule has 0 aliphatic rings. The fourth-order valence-electron chi connectivity index (χ4n) is 0.750. The smallest absolute Gasteiger partial charge is 0.337 e. The molecule has 0 atom stereocenters. The number of ether oxygens (including phenoxy) is 1. The van der Waals surface area contributed by atoms with E-state index in [1.54, 1.807) is 0 Å². The van der Waals surface area contributed by atoms with Gasteiger partial charge in [-0.1, -0.05) is 6.58 Å². The van der Waals surface area contributed by atoms with Crippen LogP contribution in [0.3, 0.4) is 0 Å². The summed E-state index contributed by atoms with van der Waals surface area (Å²) in [6, 6.07) is 0. The van der Waals surface area contributed by atoms with Crippen LogP contribution in [0.15, 0.2) is 12.7 Å². The molecule has 78 valence electrons. The molecule has 5 heteroatoms. The van der Waals surface area contributed by atoms with Crippen molar-refractivity contribution in [3.05, 3.63) is 12.7 Å². The fourth-order valence-corrected chi connectivity index (χ4v) is 0.750. The predicted molar refractivity (Wildman–Crippen MR) is 47.4 cm³/mol. The first kappa shape index (κ1) is 12.3. The second-order valence-electron chi connectivity index (χ2n) is 2.60. The summed E-state index contributed by atoms with van der Waals surface area (Å²) in [6.07, 6.45) is 1.76. The zero-order chi connectivity index (χ0) is 11.0. The molecular formula is C9H12O5. The van der Waals surface area contributed by atoms with Crippen molar-refractivity contribution in [2.45, 2.75) is 25.7 Å². The zero-order valence-electron chi connectivity index (χ0n) is 7.69. The van der Waals surface area contributed by atoms with Crippen molar-refractivity contribution < 1.29 is 24.2 Å². The summed E-state index contributed by atoms with van der Waals surface area (Å²) >= 11 is 0. The van der Waals surface area contributed by atoms with Gasteiger partial charge in [0.25, 0.3) is 0 Å². The molecule has 0 radical (unpaired) electrons. The normalized spacial score (nSPS) is 9.14. The van der Waals surface area contributed by atoms with Gasteiger partial charge in [0.15, 0.2) is 0 Å². The average Bonchev–Trinajstić information content (AvgIpc) is 2.12. The highest BCUT2D eigenvalue weighted by Crippen LogP contribution is 2.01. The van der Waals surface area contributed by atoms with E-state index in [-0.39, 0.29) is 12.8 Å². The van der Waals surface area contributed by atoms with Gasteiger partial charge in [0.1, 0.15) is 0 Å². The van der Waals surface area contributed by atoms with E-state index in [4.69, 9.17) is 5.11 Å². The van der Waals surface area contributed by atoms with Crippen molar-refractivity contribution >= 4 is 17.9 Å². The first-order valence-corrected chi connectivity index (χ1v) is 4.15. The summed E-state index contributed by atoms with van der Waals surface area (Å²) in [5.41, 5.74) is 0. The molecule has 0 aromatic rings. The van der Waals surface area contributed by atoms with Gasteiger partial charge in [-0.3, -0.25) is 9.59 Å². The molecule has 5 nitrogen and oxygen atoms in total. The average molecular weight is 200 g/mol. The molecule has 0 amide bonds. The maximum atomic E-state index is 10.8. The van der Waals surface area contributed by atoms with Crippen LogP contribution >= 0.6 is 0 Å². The molecule has 0 saturated carbocycles. The molecule has 0 saturated heterocycles. The minimum absolute atomic E-state index is 0.0166. The highest BCUT2D eigenvalue weighted by Gasteiger charge is 2.07. The number of hydrogen-bond acceptors (Lipinski definition) is 4. The van der Waals surface area contributed by atoms with Gasteiger partial charge in [-0.15, -0.1) is 0 Å². The second kappa shape index (κ2) is 6.82. The van der Waals surface area contributed by atoms with E-state index in [0.717, 1.165) is 6.08 Å². The van der Waals surface area contributed by atoms with Crippen LogP contribution in [0.1, 0.15) is 25.7 Å². The zero-order valence-corrected chi connectivity index (χ0v) is 7.69. The molecule has 0 aromatic heterocycles. The molecular weight excluding hydrogens is 188 g/mol. The monoisotopic (exact) mass is 200 g/mol. The lowest BCUT2D eigenvalue weighted by molar-refractivity contribution is -0.156. The number of aliphatic carboxylic acids is 1. The fraction of sp³-hybridized carbons (Fsp3) is 0.444. The first-order valence-electron chi connectivity index (χ1n) is 4.15. The summed E-state index contributed by atoms with van der Waals surface area (Å²) in [5, 5.41) is 8.28. The van der Waals surface area contributed by atoms with Crippen LogP contribution in [0.4, 0.5) is 0 Å². The number of hydrogen-bond donors (Lipinski definition) is 1. The molecule has 0 aliphatic carbocycles. The number of carboxylic acid groups (broad SMARTS) is 1. The number of carbonyl (C=O) groups excluding carboxylic acids is 2. The Kier molecular flexibility index (Phi) is 6.02. The van der Waals surface area contributed by atoms with Crippen LogP contribution in [0.25, 0.3) is 0 Å². The van der Waals surface area contributed by atoms with Crippen molar-refractivity contribution in [2.24, 2.45) is 0 Å². The molecule has 1 N–H and O–H groups in total. The Hall–Kier alpha value is -1.65. The van der Waals surface area contributed by atoms with Gasteiger partial charge in [0, 0.05) is 18.9 Å². The van der Waals surface area contributed by atoms with E-state index in [2.05, 4.69) is 11.3 Å². The highest BCUT2D eigenvalue weighted by atomic mass is 16.6. The van der Waals surface area contributed by atoms with Crippen LogP contribution in [-0.2, 0) is 19.1 Å². The van der Waals surface area contributed by atoms with Crippen molar-refractivity contribution in [3.8, 4) is 0 Å². The Morgan fingerprint density at radius 3 is 2.29 bits per heavy atom. The third kappa shape index (κ3) is 7.02. The molecule has 0 bridgehead atoms. The maximum absolute atomic E-state index is 10.8. The van der Waals surface area contributed by atoms with Crippen LogP contribution in [-0.4, -0.2) is 23.0 Å². The van der Waals surface area contributed by atoms with Crippen LogP contribution in [0, 0.1) is 0 Å². The van der Waals surface area contributed by atoms with E-state index in [9.17, 15) is 14.4 Å². The Morgan fingerprint density at radius 2 is 1.79 bits per heavy atom. The van der Waals surface area contributed by atoms with Crippen molar-refractivity contribution in [1.82, 2.24) is 0 Å². The van der Waals surface area contributed by atoms with Gasteiger partial charge < -0.3 is 9.84 Å². The van der Waals surface area contributed by atoms with Crippen molar-refractivity contribution in [1.29, 1.82) is 0 Å². The Morgan fingerprint density at radius 1 is 1.21 bits per heavy atom. The highest BCUT2D eigenvalue weighted by molar-refractivity contribution is 5.91. The second-order valence-corrected chi connectivity index (χ2v) is 2.60. The lowest BCUT2D eigenvalue weighted by Gasteiger charge is -1.98. The predicted octanol–water partition coefficient (Wildman–Crippen LogP) is 0.887.